The summed E-state index contributed by atoms with van der Waals surface area (Å²) >= 11 is 1.97. The standard InChI is InChI=1S/C8H17NS/c1-9(2)8(7-10-3)5-4-6-8/h4-7H2,1-3H3. The highest BCUT2D eigenvalue weighted by Crippen LogP contribution is 2.38. The summed E-state index contributed by atoms with van der Waals surface area (Å²) in [7, 11) is 4.41. The van der Waals surface area contributed by atoms with Gasteiger partial charge in [0, 0.05) is 11.3 Å². The molecule has 0 saturated heterocycles. The second kappa shape index (κ2) is 3.14. The molecule has 0 bridgehead atoms. The number of rotatable bonds is 3. The van der Waals surface area contributed by atoms with Gasteiger partial charge in [-0.3, -0.25) is 0 Å². The Bertz CT molecular complexity index is 108. The van der Waals surface area contributed by atoms with E-state index in [1.54, 1.807) is 0 Å². The fourth-order valence-corrected chi connectivity index (χ4v) is 2.66. The molecule has 1 aliphatic rings. The first-order valence-electron chi connectivity index (χ1n) is 3.88. The van der Waals surface area contributed by atoms with Gasteiger partial charge in [-0.1, -0.05) is 0 Å². The molecule has 0 aromatic carbocycles. The third kappa shape index (κ3) is 1.32. The Morgan fingerprint density at radius 3 is 2.10 bits per heavy atom. The van der Waals surface area contributed by atoms with Crippen LogP contribution in [0.1, 0.15) is 19.3 Å². The quantitative estimate of drug-likeness (QED) is 0.618. The SMILES string of the molecule is CSCC1(N(C)C)CCC1. The maximum absolute atomic E-state index is 2.40. The maximum atomic E-state index is 2.40. The van der Waals surface area contributed by atoms with Crippen molar-refractivity contribution >= 4 is 11.8 Å². The van der Waals surface area contributed by atoms with Gasteiger partial charge in [0.15, 0.2) is 0 Å². The van der Waals surface area contributed by atoms with E-state index in [1.165, 1.54) is 25.0 Å². The van der Waals surface area contributed by atoms with Gasteiger partial charge in [0.25, 0.3) is 0 Å². The van der Waals surface area contributed by atoms with E-state index in [9.17, 15) is 0 Å². The van der Waals surface area contributed by atoms with E-state index in [4.69, 9.17) is 0 Å². The molecule has 1 rings (SSSR count). The van der Waals surface area contributed by atoms with Crippen molar-refractivity contribution in [3.8, 4) is 0 Å². The Morgan fingerprint density at radius 2 is 2.00 bits per heavy atom. The van der Waals surface area contributed by atoms with E-state index in [-0.39, 0.29) is 0 Å². The average molecular weight is 159 g/mol. The molecule has 1 nitrogen and oxygen atoms in total. The minimum atomic E-state index is 0.569. The van der Waals surface area contributed by atoms with Gasteiger partial charge < -0.3 is 4.90 Å². The van der Waals surface area contributed by atoms with Gasteiger partial charge in [0.2, 0.25) is 0 Å². The summed E-state index contributed by atoms with van der Waals surface area (Å²) in [5.74, 6) is 1.31. The highest BCUT2D eigenvalue weighted by Gasteiger charge is 2.38. The Morgan fingerprint density at radius 1 is 1.40 bits per heavy atom. The van der Waals surface area contributed by atoms with Crippen molar-refractivity contribution in [1.82, 2.24) is 4.90 Å². The normalized spacial score (nSPS) is 22.8. The van der Waals surface area contributed by atoms with Crippen LogP contribution in [0, 0.1) is 0 Å². The van der Waals surface area contributed by atoms with Crippen molar-refractivity contribution in [1.29, 1.82) is 0 Å². The molecular formula is C8H17NS. The molecule has 1 fully saturated rings. The lowest BCUT2D eigenvalue weighted by atomic mass is 9.77. The van der Waals surface area contributed by atoms with Crippen molar-refractivity contribution in [3.63, 3.8) is 0 Å². The molecule has 0 aromatic heterocycles. The molecule has 2 heteroatoms. The van der Waals surface area contributed by atoms with Crippen LogP contribution in [0.5, 0.6) is 0 Å². The predicted molar refractivity (Wildman–Crippen MR) is 48.7 cm³/mol. The molecule has 0 N–H and O–H groups in total. The van der Waals surface area contributed by atoms with E-state index in [2.05, 4.69) is 25.3 Å². The summed E-state index contributed by atoms with van der Waals surface area (Å²) in [6.45, 7) is 0. The fourth-order valence-electron chi connectivity index (χ4n) is 1.57. The van der Waals surface area contributed by atoms with Crippen molar-refractivity contribution < 1.29 is 0 Å². The second-order valence-corrected chi connectivity index (χ2v) is 4.27. The van der Waals surface area contributed by atoms with E-state index in [1.807, 2.05) is 11.8 Å². The number of hydrogen-bond donors (Lipinski definition) is 0. The van der Waals surface area contributed by atoms with Gasteiger partial charge in [-0.25, -0.2) is 0 Å². The molecule has 1 aliphatic carbocycles. The summed E-state index contributed by atoms with van der Waals surface area (Å²) in [5, 5.41) is 0. The lowest BCUT2D eigenvalue weighted by Gasteiger charge is -2.47. The second-order valence-electron chi connectivity index (χ2n) is 3.41. The smallest absolute Gasteiger partial charge is 0.0293 e. The summed E-state index contributed by atoms with van der Waals surface area (Å²) in [4.78, 5) is 2.40. The van der Waals surface area contributed by atoms with E-state index in [0.29, 0.717) is 5.54 Å². The molecule has 0 unspecified atom stereocenters. The topological polar surface area (TPSA) is 3.24 Å². The van der Waals surface area contributed by atoms with Gasteiger partial charge in [0.1, 0.15) is 0 Å². The van der Waals surface area contributed by atoms with Gasteiger partial charge in [-0.15, -0.1) is 0 Å². The summed E-state index contributed by atoms with van der Waals surface area (Å²) in [5.41, 5.74) is 0.569. The predicted octanol–water partition coefficient (Wildman–Crippen LogP) is 1.83. The molecule has 0 heterocycles. The summed E-state index contributed by atoms with van der Waals surface area (Å²) < 4.78 is 0. The molecule has 0 radical (unpaired) electrons. The van der Waals surface area contributed by atoms with E-state index >= 15 is 0 Å². The Hall–Kier alpha value is 0.310. The van der Waals surface area contributed by atoms with Crippen molar-refractivity contribution in [2.45, 2.75) is 24.8 Å². The van der Waals surface area contributed by atoms with E-state index < -0.39 is 0 Å². The molecule has 1 saturated carbocycles. The van der Waals surface area contributed by atoms with Gasteiger partial charge in [-0.2, -0.15) is 11.8 Å². The monoisotopic (exact) mass is 159 g/mol. The van der Waals surface area contributed by atoms with Gasteiger partial charge in [-0.05, 0) is 39.6 Å². The highest BCUT2D eigenvalue weighted by atomic mass is 32.2. The van der Waals surface area contributed by atoms with Crippen LogP contribution in [-0.4, -0.2) is 36.5 Å². The van der Waals surface area contributed by atoms with Crippen LogP contribution in [0.2, 0.25) is 0 Å². The Labute approximate surface area is 68.2 Å². The molecule has 0 atom stereocenters. The molecule has 0 amide bonds. The van der Waals surface area contributed by atoms with Crippen LogP contribution in [0.25, 0.3) is 0 Å². The lowest BCUT2D eigenvalue weighted by Crippen LogP contribution is -2.52. The van der Waals surface area contributed by atoms with Crippen LogP contribution in [0.15, 0.2) is 0 Å². The van der Waals surface area contributed by atoms with Crippen LogP contribution in [0.4, 0.5) is 0 Å². The Balaban J connectivity index is 2.42. The van der Waals surface area contributed by atoms with Crippen molar-refractivity contribution in [2.75, 3.05) is 26.1 Å². The molecule has 0 aliphatic heterocycles. The third-order valence-electron chi connectivity index (χ3n) is 2.65. The minimum Gasteiger partial charge on any atom is -0.303 e. The molecule has 10 heavy (non-hydrogen) atoms. The highest BCUT2D eigenvalue weighted by molar-refractivity contribution is 7.98. The largest absolute Gasteiger partial charge is 0.303 e. The first-order valence-corrected chi connectivity index (χ1v) is 5.27. The summed E-state index contributed by atoms with van der Waals surface area (Å²) in [6.07, 6.45) is 6.43. The summed E-state index contributed by atoms with van der Waals surface area (Å²) in [6, 6.07) is 0. The van der Waals surface area contributed by atoms with E-state index in [0.717, 1.165) is 0 Å². The van der Waals surface area contributed by atoms with Crippen molar-refractivity contribution in [2.24, 2.45) is 0 Å². The van der Waals surface area contributed by atoms with Gasteiger partial charge >= 0.3 is 0 Å². The first-order chi connectivity index (χ1) is 4.71. The molecule has 0 aromatic rings. The first kappa shape index (κ1) is 8.41. The van der Waals surface area contributed by atoms with Crippen LogP contribution in [0.3, 0.4) is 0 Å². The zero-order chi connectivity index (χ0) is 7.61. The molecular weight excluding hydrogens is 142 g/mol. The fraction of sp³-hybridized carbons (Fsp3) is 1.00. The van der Waals surface area contributed by atoms with Crippen molar-refractivity contribution in [3.05, 3.63) is 0 Å². The van der Waals surface area contributed by atoms with Gasteiger partial charge in [0.05, 0.1) is 0 Å². The minimum absolute atomic E-state index is 0.569. The lowest BCUT2D eigenvalue weighted by molar-refractivity contribution is 0.0857. The zero-order valence-corrected chi connectivity index (χ0v) is 8.00. The molecule has 60 valence electrons. The average Bonchev–Trinajstić information content (AvgIpc) is 1.77. The number of thioether (sulfide) groups is 1. The van der Waals surface area contributed by atoms with Crippen LogP contribution >= 0.6 is 11.8 Å². The number of hydrogen-bond acceptors (Lipinski definition) is 2. The zero-order valence-electron chi connectivity index (χ0n) is 7.18. The third-order valence-corrected chi connectivity index (χ3v) is 3.47. The van der Waals surface area contributed by atoms with Crippen LogP contribution in [-0.2, 0) is 0 Å². The molecule has 0 spiro atoms. The maximum Gasteiger partial charge on any atom is 0.0293 e. The Kier molecular flexibility index (Phi) is 2.64. The van der Waals surface area contributed by atoms with Crippen LogP contribution < -0.4 is 0 Å². The number of nitrogens with zero attached hydrogens (tertiary/aromatic N) is 1.